The largest absolute Gasteiger partial charge is 0.491 e. The second-order valence-electron chi connectivity index (χ2n) is 8.40. The zero-order valence-electron chi connectivity index (χ0n) is 19.1. The van der Waals surface area contributed by atoms with E-state index in [0.717, 1.165) is 17.7 Å². The molecule has 4 aromatic rings. The van der Waals surface area contributed by atoms with Gasteiger partial charge in [-0.3, -0.25) is 4.79 Å². The molecule has 0 atom stereocenters. The summed E-state index contributed by atoms with van der Waals surface area (Å²) in [6, 6.07) is 15.8. The molecule has 1 aliphatic carbocycles. The Morgan fingerprint density at radius 1 is 1.14 bits per heavy atom. The minimum absolute atomic E-state index is 0.0488. The summed E-state index contributed by atoms with van der Waals surface area (Å²) in [6.07, 6.45) is 4.26. The van der Waals surface area contributed by atoms with Crippen LogP contribution in [-0.4, -0.2) is 43.8 Å². The minimum Gasteiger partial charge on any atom is -0.491 e. The third-order valence-electron chi connectivity index (χ3n) is 5.79. The summed E-state index contributed by atoms with van der Waals surface area (Å²) in [4.78, 5) is 27.8. The van der Waals surface area contributed by atoms with Gasteiger partial charge in [-0.15, -0.1) is 5.10 Å². The van der Waals surface area contributed by atoms with Crippen molar-refractivity contribution in [2.75, 3.05) is 18.5 Å². The highest BCUT2D eigenvalue weighted by Crippen LogP contribution is 2.31. The number of hydrogen-bond acceptors (Lipinski definition) is 6. The maximum absolute atomic E-state index is 12.3. The van der Waals surface area contributed by atoms with Crippen molar-refractivity contribution in [3.8, 4) is 16.9 Å². The predicted octanol–water partition coefficient (Wildman–Crippen LogP) is 4.48. The lowest BCUT2D eigenvalue weighted by Crippen LogP contribution is -2.25. The quantitative estimate of drug-likeness (QED) is 0.307. The molecule has 0 unspecified atom stereocenters. The zero-order chi connectivity index (χ0) is 24.4. The number of carbonyl (C=O) groups is 1. The van der Waals surface area contributed by atoms with Crippen LogP contribution < -0.4 is 15.4 Å². The zero-order valence-corrected chi connectivity index (χ0v) is 19.1. The van der Waals surface area contributed by atoms with Crippen molar-refractivity contribution in [1.29, 1.82) is 0 Å². The molecule has 0 radical (unpaired) electrons. The fourth-order valence-corrected chi connectivity index (χ4v) is 3.71. The first kappa shape index (κ1) is 22.3. The van der Waals surface area contributed by atoms with Crippen LogP contribution in [0.15, 0.2) is 60.8 Å². The van der Waals surface area contributed by atoms with Crippen LogP contribution in [0.1, 0.15) is 30.1 Å². The van der Waals surface area contributed by atoms with Gasteiger partial charge in [-0.05, 0) is 61.6 Å². The highest BCUT2D eigenvalue weighted by atomic mass is 16.6. The first-order valence-electron chi connectivity index (χ1n) is 11.4. The molecule has 2 aromatic carbocycles. The molecule has 1 saturated carbocycles. The lowest BCUT2D eigenvalue weighted by Gasteiger charge is -2.09. The van der Waals surface area contributed by atoms with E-state index in [0.29, 0.717) is 41.1 Å². The van der Waals surface area contributed by atoms with E-state index < -0.39 is 0 Å². The SMILES string of the molecule is CCOc1cc([N+](=O)O)ccc1Nc1nc2ccc(-c3ccc(C(=O)NCC4CC4)cc3)cn2n1. The molecule has 35 heavy (non-hydrogen) atoms. The van der Waals surface area contributed by atoms with Crippen LogP contribution >= 0.6 is 0 Å². The molecule has 1 amide bonds. The summed E-state index contributed by atoms with van der Waals surface area (Å²) in [5.74, 6) is 1.33. The Bertz CT molecular complexity index is 1400. The monoisotopic (exact) mass is 473 g/mol. The average Bonchev–Trinajstić information content (AvgIpc) is 3.61. The second kappa shape index (κ2) is 9.41. The molecule has 2 aromatic heterocycles. The normalized spacial score (nSPS) is 12.9. The van der Waals surface area contributed by atoms with E-state index in [1.54, 1.807) is 10.6 Å². The third-order valence-corrected chi connectivity index (χ3v) is 5.79. The van der Waals surface area contributed by atoms with Gasteiger partial charge in [0.25, 0.3) is 10.8 Å². The van der Waals surface area contributed by atoms with E-state index in [2.05, 4.69) is 20.7 Å². The van der Waals surface area contributed by atoms with Gasteiger partial charge in [0.05, 0.1) is 23.3 Å². The molecule has 10 nitrogen and oxygen atoms in total. The van der Waals surface area contributed by atoms with Gasteiger partial charge in [0.1, 0.15) is 5.75 Å². The Morgan fingerprint density at radius 2 is 1.91 bits per heavy atom. The van der Waals surface area contributed by atoms with Crippen LogP contribution in [0.25, 0.3) is 16.8 Å². The van der Waals surface area contributed by atoms with Crippen molar-refractivity contribution in [2.24, 2.45) is 5.92 Å². The predicted molar refractivity (Wildman–Crippen MR) is 129 cm³/mol. The number of hydrogen-bond donors (Lipinski definition) is 3. The second-order valence-corrected chi connectivity index (χ2v) is 8.40. The van der Waals surface area contributed by atoms with E-state index in [-0.39, 0.29) is 16.5 Å². The summed E-state index contributed by atoms with van der Waals surface area (Å²) in [6.45, 7) is 2.95. The number of anilines is 2. The summed E-state index contributed by atoms with van der Waals surface area (Å²) < 4.78 is 7.24. The lowest BCUT2D eigenvalue weighted by molar-refractivity contribution is -0.729. The van der Waals surface area contributed by atoms with E-state index >= 15 is 0 Å². The maximum atomic E-state index is 12.3. The third kappa shape index (κ3) is 5.06. The Balaban J connectivity index is 1.34. The fourth-order valence-electron chi connectivity index (χ4n) is 3.71. The van der Waals surface area contributed by atoms with Gasteiger partial charge in [0.15, 0.2) is 5.65 Å². The Labute approximate surface area is 201 Å². The van der Waals surface area contributed by atoms with Crippen molar-refractivity contribution in [3.63, 3.8) is 0 Å². The number of pyridine rings is 1. The number of aromatic nitrogens is 3. The van der Waals surface area contributed by atoms with Crippen LogP contribution in [0.3, 0.4) is 0 Å². The van der Waals surface area contributed by atoms with E-state index in [9.17, 15) is 9.70 Å². The van der Waals surface area contributed by atoms with Crippen LogP contribution in [-0.2, 0) is 0 Å². The highest BCUT2D eigenvalue weighted by molar-refractivity contribution is 5.94. The van der Waals surface area contributed by atoms with Gasteiger partial charge >= 0.3 is 5.69 Å². The molecular weight excluding hydrogens is 448 g/mol. The molecule has 1 fully saturated rings. The van der Waals surface area contributed by atoms with Crippen molar-refractivity contribution in [2.45, 2.75) is 19.8 Å². The first-order valence-corrected chi connectivity index (χ1v) is 11.4. The van der Waals surface area contributed by atoms with Crippen molar-refractivity contribution in [1.82, 2.24) is 19.9 Å². The first-order chi connectivity index (χ1) is 17.0. The molecular formula is C25H25N6O4+. The summed E-state index contributed by atoms with van der Waals surface area (Å²) in [5.41, 5.74) is 3.78. The smallest absolute Gasteiger partial charge is 0.320 e. The molecule has 2 heterocycles. The van der Waals surface area contributed by atoms with E-state index in [1.165, 1.54) is 25.0 Å². The number of carbonyl (C=O) groups excluding carboxylic acids is 1. The number of nitrogens with zero attached hydrogens (tertiary/aromatic N) is 4. The number of amides is 1. The van der Waals surface area contributed by atoms with Crippen LogP contribution in [0, 0.1) is 10.8 Å². The van der Waals surface area contributed by atoms with Gasteiger partial charge in [-0.25, -0.2) is 9.72 Å². The van der Waals surface area contributed by atoms with E-state index in [4.69, 9.17) is 9.94 Å². The average molecular weight is 474 g/mol. The topological polar surface area (TPSA) is 121 Å². The molecule has 178 valence electrons. The Kier molecular flexibility index (Phi) is 6.01. The van der Waals surface area contributed by atoms with Gasteiger partial charge < -0.3 is 15.4 Å². The molecule has 5 rings (SSSR count). The summed E-state index contributed by atoms with van der Waals surface area (Å²) >= 11 is 0. The fraction of sp³-hybridized carbons (Fsp3) is 0.240. The van der Waals surface area contributed by atoms with E-state index in [1.807, 2.05) is 49.5 Å². The van der Waals surface area contributed by atoms with Gasteiger partial charge in [0, 0.05) is 29.9 Å². The van der Waals surface area contributed by atoms with Gasteiger partial charge in [0.2, 0.25) is 5.95 Å². The van der Waals surface area contributed by atoms with Gasteiger partial charge in [-0.1, -0.05) is 12.1 Å². The van der Waals surface area contributed by atoms with Crippen molar-refractivity contribution >= 4 is 28.9 Å². The lowest BCUT2D eigenvalue weighted by atomic mass is 10.1. The number of fused-ring (bicyclic) bond motifs is 1. The molecule has 3 N–H and O–H groups in total. The summed E-state index contributed by atoms with van der Waals surface area (Å²) in [5, 5.41) is 19.7. The van der Waals surface area contributed by atoms with Crippen molar-refractivity contribution < 1.29 is 19.7 Å². The van der Waals surface area contributed by atoms with Crippen LogP contribution in [0.4, 0.5) is 17.3 Å². The number of rotatable bonds is 9. The van der Waals surface area contributed by atoms with Crippen molar-refractivity contribution in [3.05, 3.63) is 71.3 Å². The number of benzene rings is 2. The number of ether oxygens (including phenoxy) is 1. The maximum Gasteiger partial charge on any atom is 0.320 e. The standard InChI is InChI=1S/C25H24N6O4/c1-2-35-22-13-20(31(33)34)10-11-21(22)27-25-28-23-12-9-19(15-30(23)29-25)17-5-7-18(8-6-17)24(32)26-14-16-3-4-16/h5-13,15-16H,2-4,14H2,1H3,(H2-,26,27,29,32,33,34)/p+1. The number of nitrogens with one attached hydrogen (secondary N) is 2. The molecule has 0 aliphatic heterocycles. The van der Waals surface area contributed by atoms with Crippen LogP contribution in [0.5, 0.6) is 5.75 Å². The molecule has 0 spiro atoms. The molecule has 1 aliphatic rings. The highest BCUT2D eigenvalue weighted by Gasteiger charge is 2.22. The molecule has 0 bridgehead atoms. The molecule has 10 heteroatoms. The Morgan fingerprint density at radius 3 is 2.63 bits per heavy atom. The summed E-state index contributed by atoms with van der Waals surface area (Å²) in [7, 11) is 0. The molecule has 0 saturated heterocycles. The Hall–Kier alpha value is -4.47. The van der Waals surface area contributed by atoms with Gasteiger partial charge in [-0.2, -0.15) is 4.98 Å². The minimum atomic E-state index is -0.218. The van der Waals surface area contributed by atoms with Crippen LogP contribution in [0.2, 0.25) is 0 Å².